The molecule has 0 aliphatic rings. The number of allylic oxidation sites excluding steroid dienone is 1. The second kappa shape index (κ2) is 13.5. The molecule has 0 saturated heterocycles. The van der Waals surface area contributed by atoms with Crippen LogP contribution in [-0.4, -0.2) is 24.5 Å². The molecule has 1 radical (unpaired) electrons. The van der Waals surface area contributed by atoms with Gasteiger partial charge in [-0.3, -0.25) is 4.90 Å². The predicted molar refractivity (Wildman–Crippen MR) is 62.6 cm³/mol. The summed E-state index contributed by atoms with van der Waals surface area (Å²) in [7, 11) is 0. The minimum absolute atomic E-state index is 0.901. The van der Waals surface area contributed by atoms with Gasteiger partial charge in [0.15, 0.2) is 0 Å². The van der Waals surface area contributed by atoms with Gasteiger partial charge in [0.05, 0.1) is 0 Å². The fourth-order valence-electron chi connectivity index (χ4n) is 0.771. The topological polar surface area (TPSA) is 3.24 Å². The van der Waals surface area contributed by atoms with Crippen molar-refractivity contribution in [3.8, 4) is 0 Å². The van der Waals surface area contributed by atoms with E-state index in [9.17, 15) is 0 Å². The van der Waals surface area contributed by atoms with Crippen LogP contribution >= 0.6 is 0 Å². The summed E-state index contributed by atoms with van der Waals surface area (Å²) < 4.78 is 0. The van der Waals surface area contributed by atoms with Crippen LogP contribution in [0.3, 0.4) is 0 Å². The third kappa shape index (κ3) is 13.9. The van der Waals surface area contributed by atoms with Gasteiger partial charge in [-0.25, -0.2) is 0 Å². The van der Waals surface area contributed by atoms with Crippen molar-refractivity contribution in [1.29, 1.82) is 0 Å². The summed E-state index contributed by atoms with van der Waals surface area (Å²) in [4.78, 5) is 2.19. The van der Waals surface area contributed by atoms with E-state index in [2.05, 4.69) is 38.1 Å². The number of rotatable bonds is 6. The Kier molecular flexibility index (Phi) is 15.0. The Bertz CT molecular complexity index is 123. The fourth-order valence-corrected chi connectivity index (χ4v) is 0.771. The van der Waals surface area contributed by atoms with Crippen molar-refractivity contribution in [3.63, 3.8) is 0 Å². The van der Waals surface area contributed by atoms with Gasteiger partial charge in [0.2, 0.25) is 0 Å². The minimum Gasteiger partial charge on any atom is -0.292 e. The van der Waals surface area contributed by atoms with Crippen molar-refractivity contribution >= 4 is 0 Å². The van der Waals surface area contributed by atoms with E-state index < -0.39 is 0 Å². The monoisotopic (exact) mass is 178 g/mol. The van der Waals surface area contributed by atoms with Crippen LogP contribution in [0.5, 0.6) is 0 Å². The lowest BCUT2D eigenvalue weighted by Crippen LogP contribution is -2.23. The Morgan fingerprint density at radius 3 is 1.15 bits per heavy atom. The molecule has 0 N–H and O–H groups in total. The van der Waals surface area contributed by atoms with Crippen LogP contribution in [0, 0.1) is 6.92 Å². The zero-order valence-corrected chi connectivity index (χ0v) is 8.41. The predicted octanol–water partition coefficient (Wildman–Crippen LogP) is 2.85. The van der Waals surface area contributed by atoms with E-state index in [4.69, 9.17) is 0 Å². The highest BCUT2D eigenvalue weighted by Gasteiger charge is 1.94. The molecule has 1 nitrogen and oxygen atoms in total. The minimum atomic E-state index is 0.901. The Morgan fingerprint density at radius 2 is 1.00 bits per heavy atom. The summed E-state index contributed by atoms with van der Waals surface area (Å²) >= 11 is 0. The molecule has 0 aromatic heterocycles. The van der Waals surface area contributed by atoms with Crippen molar-refractivity contribution in [1.82, 2.24) is 4.90 Å². The lowest BCUT2D eigenvalue weighted by molar-refractivity contribution is 0.373. The first-order valence-corrected chi connectivity index (χ1v) is 4.21. The number of hydrogen-bond acceptors (Lipinski definition) is 1. The van der Waals surface area contributed by atoms with E-state index in [0.29, 0.717) is 0 Å². The van der Waals surface area contributed by atoms with Gasteiger partial charge < -0.3 is 0 Å². The van der Waals surface area contributed by atoms with Gasteiger partial charge in [-0.1, -0.05) is 24.3 Å². The molecule has 1 heteroatoms. The van der Waals surface area contributed by atoms with Gasteiger partial charge in [-0.05, 0) is 6.92 Å². The molecule has 0 aromatic carbocycles. The molecule has 0 saturated carbocycles. The first-order chi connectivity index (χ1) is 6.26. The molecule has 0 atom stereocenters. The van der Waals surface area contributed by atoms with E-state index in [1.807, 2.05) is 18.2 Å². The second-order valence-corrected chi connectivity index (χ2v) is 2.37. The van der Waals surface area contributed by atoms with Crippen molar-refractivity contribution in [3.05, 3.63) is 57.5 Å². The van der Waals surface area contributed by atoms with E-state index in [-0.39, 0.29) is 0 Å². The largest absolute Gasteiger partial charge is 0.292 e. The Hall–Kier alpha value is -1.08. The normalized spacial score (nSPS) is 8.15. The second-order valence-electron chi connectivity index (χ2n) is 2.37. The van der Waals surface area contributed by atoms with Gasteiger partial charge in [-0.15, -0.1) is 26.3 Å². The first kappa shape index (κ1) is 14.4. The van der Waals surface area contributed by atoms with Gasteiger partial charge in [0, 0.05) is 19.6 Å². The molecule has 0 unspecified atom stereocenters. The summed E-state index contributed by atoms with van der Waals surface area (Å²) in [5.41, 5.74) is 0. The molecule has 0 aliphatic heterocycles. The Balaban J connectivity index is 0. The maximum Gasteiger partial charge on any atom is 0.0167 e. The van der Waals surface area contributed by atoms with Crippen LogP contribution in [0.15, 0.2) is 50.6 Å². The lowest BCUT2D eigenvalue weighted by atomic mass is 10.4. The van der Waals surface area contributed by atoms with Crippen molar-refractivity contribution in [2.24, 2.45) is 0 Å². The molecule has 0 aliphatic carbocycles. The van der Waals surface area contributed by atoms with Crippen molar-refractivity contribution < 1.29 is 0 Å². The van der Waals surface area contributed by atoms with Crippen LogP contribution in [0.4, 0.5) is 0 Å². The van der Waals surface area contributed by atoms with Gasteiger partial charge >= 0.3 is 0 Å². The van der Waals surface area contributed by atoms with Crippen LogP contribution in [0.1, 0.15) is 0 Å². The number of hydrogen-bond donors (Lipinski definition) is 0. The zero-order chi connectivity index (χ0) is 10.5. The highest BCUT2D eigenvalue weighted by Crippen LogP contribution is 1.88. The number of nitrogens with zero attached hydrogens (tertiary/aromatic N) is 1. The van der Waals surface area contributed by atoms with Crippen LogP contribution < -0.4 is 0 Å². The molecule has 0 aromatic rings. The van der Waals surface area contributed by atoms with E-state index in [1.54, 1.807) is 0 Å². The summed E-state index contributed by atoms with van der Waals surface area (Å²) in [6.07, 6.45) is 7.15. The molecule has 13 heavy (non-hydrogen) atoms. The molecule has 0 bridgehead atoms. The lowest BCUT2D eigenvalue weighted by Gasteiger charge is -2.15. The Labute approximate surface area is 82.8 Å². The van der Waals surface area contributed by atoms with E-state index in [1.165, 1.54) is 6.08 Å². The molecule has 0 spiro atoms. The van der Waals surface area contributed by atoms with Gasteiger partial charge in [-0.2, -0.15) is 0 Å². The highest BCUT2D eigenvalue weighted by molar-refractivity contribution is 4.83. The van der Waals surface area contributed by atoms with Crippen molar-refractivity contribution in [2.45, 2.75) is 0 Å². The summed E-state index contributed by atoms with van der Waals surface area (Å²) in [6.45, 7) is 20.2. The summed E-state index contributed by atoms with van der Waals surface area (Å²) in [5, 5.41) is 0. The Morgan fingerprint density at radius 1 is 0.769 bits per heavy atom. The van der Waals surface area contributed by atoms with E-state index in [0.717, 1.165) is 19.6 Å². The molecule has 0 rings (SSSR count). The fraction of sp³-hybridized carbons (Fsp3) is 0.250. The summed E-state index contributed by atoms with van der Waals surface area (Å²) in [5.74, 6) is 0. The maximum atomic E-state index is 3.65. The van der Waals surface area contributed by atoms with Gasteiger partial charge in [0.1, 0.15) is 0 Å². The third-order valence-electron chi connectivity index (χ3n) is 1.16. The average molecular weight is 178 g/mol. The van der Waals surface area contributed by atoms with Crippen LogP contribution in [0.2, 0.25) is 0 Å². The highest BCUT2D eigenvalue weighted by atomic mass is 15.1. The summed E-state index contributed by atoms with van der Waals surface area (Å²) in [6, 6.07) is 0. The standard InChI is InChI=1S/C9H15N.C3H5/c1-4-7-10(8-5-2)9-6-3;1-3-2/h4-6H,1-3,7-9H2;3H,1-2H2. The van der Waals surface area contributed by atoms with Crippen molar-refractivity contribution in [2.75, 3.05) is 19.6 Å². The maximum absolute atomic E-state index is 3.65. The first-order valence-electron chi connectivity index (χ1n) is 4.21. The molecular formula is C12H20N. The SMILES string of the molecule is C=CCN(CC=C)CC=C.[CH2]C=C. The molecule has 0 heterocycles. The quantitative estimate of drug-likeness (QED) is 0.565. The van der Waals surface area contributed by atoms with Gasteiger partial charge in [0.25, 0.3) is 0 Å². The van der Waals surface area contributed by atoms with Crippen LogP contribution in [-0.2, 0) is 0 Å². The molecule has 0 fully saturated rings. The smallest absolute Gasteiger partial charge is 0.0167 e. The van der Waals surface area contributed by atoms with E-state index >= 15 is 0 Å². The third-order valence-corrected chi connectivity index (χ3v) is 1.16. The molecule has 0 amide bonds. The van der Waals surface area contributed by atoms with Crippen LogP contribution in [0.25, 0.3) is 0 Å². The molecular weight excluding hydrogens is 158 g/mol. The zero-order valence-electron chi connectivity index (χ0n) is 8.41. The average Bonchev–Trinajstić information content (AvgIpc) is 2.07. The molecule has 73 valence electrons.